The number of rotatable bonds is 5. The first-order valence-corrected chi connectivity index (χ1v) is 7.61. The Balaban J connectivity index is 2.34. The second kappa shape index (κ2) is 7.12. The van der Waals surface area contributed by atoms with Gasteiger partial charge in [-0.2, -0.15) is 0 Å². The first-order chi connectivity index (χ1) is 9.67. The summed E-state index contributed by atoms with van der Waals surface area (Å²) in [6.45, 7) is 2.17. The van der Waals surface area contributed by atoms with Gasteiger partial charge in [-0.15, -0.1) is 0 Å². The first kappa shape index (κ1) is 15.4. The molecule has 0 saturated heterocycles. The van der Waals surface area contributed by atoms with Crippen LogP contribution in [0.1, 0.15) is 29.7 Å². The molecule has 0 aliphatic carbocycles. The Labute approximate surface area is 130 Å². The minimum Gasteiger partial charge on any atom is -0.313 e. The van der Waals surface area contributed by atoms with Crippen LogP contribution in [-0.4, -0.2) is 7.05 Å². The molecule has 0 fully saturated rings. The van der Waals surface area contributed by atoms with Crippen LogP contribution in [0.4, 0.5) is 0 Å². The predicted molar refractivity (Wildman–Crippen MR) is 87.8 cm³/mol. The third-order valence-electron chi connectivity index (χ3n) is 3.63. The predicted octanol–water partition coefficient (Wildman–Crippen LogP) is 5.06. The van der Waals surface area contributed by atoms with E-state index >= 15 is 0 Å². The molecule has 0 heterocycles. The van der Waals surface area contributed by atoms with Crippen molar-refractivity contribution in [3.8, 4) is 0 Å². The lowest BCUT2D eigenvalue weighted by atomic mass is 9.94. The van der Waals surface area contributed by atoms with Crippen molar-refractivity contribution in [2.75, 3.05) is 7.05 Å². The number of benzene rings is 2. The zero-order valence-electron chi connectivity index (χ0n) is 11.8. The van der Waals surface area contributed by atoms with Crippen molar-refractivity contribution in [2.45, 2.75) is 25.8 Å². The van der Waals surface area contributed by atoms with E-state index in [0.29, 0.717) is 0 Å². The van der Waals surface area contributed by atoms with Crippen LogP contribution in [0.2, 0.25) is 10.0 Å². The number of hydrogen-bond donors (Lipinski definition) is 1. The van der Waals surface area contributed by atoms with Crippen molar-refractivity contribution in [3.63, 3.8) is 0 Å². The maximum atomic E-state index is 6.28. The summed E-state index contributed by atoms with van der Waals surface area (Å²) in [6, 6.07) is 14.4. The fourth-order valence-corrected chi connectivity index (χ4v) is 3.05. The minimum absolute atomic E-state index is 0.212. The van der Waals surface area contributed by atoms with Crippen LogP contribution in [0.3, 0.4) is 0 Å². The summed E-state index contributed by atoms with van der Waals surface area (Å²) in [6.07, 6.45) is 1.80. The number of hydrogen-bond acceptors (Lipinski definition) is 1. The van der Waals surface area contributed by atoms with Crippen molar-refractivity contribution in [1.29, 1.82) is 0 Å². The molecule has 20 heavy (non-hydrogen) atoms. The number of aryl methyl sites for hydroxylation is 1. The topological polar surface area (TPSA) is 12.0 Å². The molecule has 0 radical (unpaired) electrons. The molecule has 1 unspecified atom stereocenters. The van der Waals surface area contributed by atoms with Gasteiger partial charge in [0.25, 0.3) is 0 Å². The van der Waals surface area contributed by atoms with Crippen LogP contribution in [0.25, 0.3) is 0 Å². The summed E-state index contributed by atoms with van der Waals surface area (Å²) in [5.41, 5.74) is 3.67. The smallest absolute Gasteiger partial charge is 0.0453 e. The first-order valence-electron chi connectivity index (χ1n) is 6.85. The number of likely N-dealkylation sites (N-methyl/N-ethyl adjacent to an activating group) is 1. The Morgan fingerprint density at radius 3 is 2.25 bits per heavy atom. The zero-order valence-corrected chi connectivity index (χ0v) is 13.3. The van der Waals surface area contributed by atoms with Gasteiger partial charge in [-0.25, -0.2) is 0 Å². The van der Waals surface area contributed by atoms with E-state index in [1.54, 1.807) is 0 Å². The highest BCUT2D eigenvalue weighted by Gasteiger charge is 2.16. The fraction of sp³-hybridized carbons (Fsp3) is 0.294. The molecule has 1 N–H and O–H groups in total. The molecule has 2 aromatic carbocycles. The van der Waals surface area contributed by atoms with Crippen molar-refractivity contribution in [2.24, 2.45) is 0 Å². The van der Waals surface area contributed by atoms with Crippen LogP contribution < -0.4 is 5.32 Å². The van der Waals surface area contributed by atoms with E-state index in [1.807, 2.05) is 25.2 Å². The summed E-state index contributed by atoms with van der Waals surface area (Å²) < 4.78 is 0. The number of nitrogens with one attached hydrogen (secondary N) is 1. The SMILES string of the molecule is CCc1ccccc1C(Cc1c(Cl)cccc1Cl)NC. The highest BCUT2D eigenvalue weighted by Crippen LogP contribution is 2.30. The summed E-state index contributed by atoms with van der Waals surface area (Å²) in [4.78, 5) is 0. The van der Waals surface area contributed by atoms with Gasteiger partial charge in [-0.05, 0) is 48.7 Å². The Hall–Kier alpha value is -1.02. The molecule has 0 saturated carbocycles. The monoisotopic (exact) mass is 307 g/mol. The number of halogens is 2. The molecule has 106 valence electrons. The minimum atomic E-state index is 0.212. The molecule has 2 rings (SSSR count). The molecular weight excluding hydrogens is 289 g/mol. The Kier molecular flexibility index (Phi) is 5.47. The summed E-state index contributed by atoms with van der Waals surface area (Å²) >= 11 is 12.6. The van der Waals surface area contributed by atoms with Gasteiger partial charge in [0.2, 0.25) is 0 Å². The molecule has 0 aliphatic rings. The normalized spacial score (nSPS) is 12.4. The van der Waals surface area contributed by atoms with Gasteiger partial charge in [0.05, 0.1) is 0 Å². The Morgan fingerprint density at radius 2 is 1.65 bits per heavy atom. The van der Waals surface area contributed by atoms with Crippen molar-refractivity contribution in [3.05, 3.63) is 69.2 Å². The highest BCUT2D eigenvalue weighted by molar-refractivity contribution is 6.36. The van der Waals surface area contributed by atoms with Gasteiger partial charge >= 0.3 is 0 Å². The fourth-order valence-electron chi connectivity index (χ4n) is 2.50. The van der Waals surface area contributed by atoms with E-state index in [2.05, 4.69) is 36.5 Å². The van der Waals surface area contributed by atoms with Crippen LogP contribution in [-0.2, 0) is 12.8 Å². The summed E-state index contributed by atoms with van der Waals surface area (Å²) in [7, 11) is 1.97. The largest absolute Gasteiger partial charge is 0.313 e. The van der Waals surface area contributed by atoms with E-state index in [9.17, 15) is 0 Å². The van der Waals surface area contributed by atoms with Crippen molar-refractivity contribution >= 4 is 23.2 Å². The van der Waals surface area contributed by atoms with Crippen LogP contribution in [0.5, 0.6) is 0 Å². The van der Waals surface area contributed by atoms with Crippen LogP contribution in [0, 0.1) is 0 Å². The molecule has 0 amide bonds. The standard InChI is InChI=1S/C17H19Cl2N/c1-3-12-7-4-5-8-13(12)17(20-2)11-14-15(18)9-6-10-16(14)19/h4-10,17,20H,3,11H2,1-2H3. The molecule has 1 nitrogen and oxygen atoms in total. The van der Waals surface area contributed by atoms with Gasteiger partial charge in [0, 0.05) is 16.1 Å². The molecule has 2 aromatic rings. The molecule has 1 atom stereocenters. The molecule has 0 aliphatic heterocycles. The van der Waals surface area contributed by atoms with E-state index < -0.39 is 0 Å². The third-order valence-corrected chi connectivity index (χ3v) is 4.34. The van der Waals surface area contributed by atoms with E-state index in [-0.39, 0.29) is 6.04 Å². The van der Waals surface area contributed by atoms with Gasteiger partial charge in [-0.3, -0.25) is 0 Å². The maximum Gasteiger partial charge on any atom is 0.0453 e. The summed E-state index contributed by atoms with van der Waals surface area (Å²) in [5.74, 6) is 0. The van der Waals surface area contributed by atoms with E-state index in [1.165, 1.54) is 11.1 Å². The van der Waals surface area contributed by atoms with Gasteiger partial charge in [-0.1, -0.05) is 60.5 Å². The van der Waals surface area contributed by atoms with Gasteiger partial charge in [0.15, 0.2) is 0 Å². The lowest BCUT2D eigenvalue weighted by Crippen LogP contribution is -2.20. The van der Waals surface area contributed by atoms with Crippen LogP contribution in [0.15, 0.2) is 42.5 Å². The average molecular weight is 308 g/mol. The quantitative estimate of drug-likeness (QED) is 0.814. The molecule has 0 aromatic heterocycles. The van der Waals surface area contributed by atoms with E-state index in [4.69, 9.17) is 23.2 Å². The average Bonchev–Trinajstić information content (AvgIpc) is 2.47. The Bertz CT molecular complexity index is 561. The lowest BCUT2D eigenvalue weighted by Gasteiger charge is -2.21. The Morgan fingerprint density at radius 1 is 1.00 bits per heavy atom. The second-order valence-electron chi connectivity index (χ2n) is 4.80. The second-order valence-corrected chi connectivity index (χ2v) is 5.61. The van der Waals surface area contributed by atoms with Crippen molar-refractivity contribution < 1.29 is 0 Å². The molecule has 0 bridgehead atoms. The van der Waals surface area contributed by atoms with E-state index in [0.717, 1.165) is 28.5 Å². The summed E-state index contributed by atoms with van der Waals surface area (Å²) in [5, 5.41) is 4.84. The maximum absolute atomic E-state index is 6.28. The van der Waals surface area contributed by atoms with Crippen molar-refractivity contribution in [1.82, 2.24) is 5.32 Å². The highest BCUT2D eigenvalue weighted by atomic mass is 35.5. The van der Waals surface area contributed by atoms with Gasteiger partial charge in [0.1, 0.15) is 0 Å². The molecular formula is C17H19Cl2N. The zero-order chi connectivity index (χ0) is 14.5. The third kappa shape index (κ3) is 3.35. The molecule has 3 heteroatoms. The van der Waals surface area contributed by atoms with Gasteiger partial charge < -0.3 is 5.32 Å². The molecule has 0 spiro atoms. The van der Waals surface area contributed by atoms with Crippen LogP contribution >= 0.6 is 23.2 Å². The lowest BCUT2D eigenvalue weighted by molar-refractivity contribution is 0.587.